The summed E-state index contributed by atoms with van der Waals surface area (Å²) < 4.78 is 13.1. The molecule has 3 heterocycles. The van der Waals surface area contributed by atoms with Gasteiger partial charge in [0.1, 0.15) is 23.7 Å². The molecule has 10 rings (SSSR count). The Morgan fingerprint density at radius 2 is 1.27 bits per heavy atom. The van der Waals surface area contributed by atoms with Crippen molar-refractivity contribution in [3.8, 4) is 45.4 Å². The van der Waals surface area contributed by atoms with Gasteiger partial charge < -0.3 is 9.47 Å². The molecule has 6 aromatic rings. The number of allylic oxidation sites excluding steroid dienone is 4. The van der Waals surface area contributed by atoms with Gasteiger partial charge in [-0.2, -0.15) is 0 Å². The molecule has 0 spiro atoms. The first-order chi connectivity index (χ1) is 23.8. The lowest BCUT2D eigenvalue weighted by atomic mass is 9.83. The Hall–Kier alpha value is -6.07. The predicted octanol–water partition coefficient (Wildman–Crippen LogP) is 9.49. The Balaban J connectivity index is 1.08. The molecular weight excluding hydrogens is 590 g/mol. The monoisotopic (exact) mass is 619 g/mol. The van der Waals surface area contributed by atoms with Crippen LogP contribution in [0.2, 0.25) is 0 Å². The third-order valence-corrected chi connectivity index (χ3v) is 9.84. The van der Waals surface area contributed by atoms with Crippen LogP contribution in [0.4, 0.5) is 0 Å². The average Bonchev–Trinajstić information content (AvgIpc) is 3.73. The van der Waals surface area contributed by atoms with Gasteiger partial charge in [-0.05, 0) is 40.6 Å². The highest BCUT2D eigenvalue weighted by Crippen LogP contribution is 2.51. The molecule has 0 saturated heterocycles. The van der Waals surface area contributed by atoms with Crippen molar-refractivity contribution in [1.82, 2.24) is 15.0 Å². The van der Waals surface area contributed by atoms with E-state index in [0.717, 1.165) is 44.9 Å². The molecule has 0 amide bonds. The summed E-state index contributed by atoms with van der Waals surface area (Å²) in [7, 11) is 0. The van der Waals surface area contributed by atoms with Gasteiger partial charge in [0.05, 0.1) is 5.92 Å². The number of rotatable bonds is 4. The number of hydrogen-bond donors (Lipinski definition) is 0. The second kappa shape index (κ2) is 10.7. The highest BCUT2D eigenvalue weighted by atomic mass is 16.5. The molecule has 3 unspecified atom stereocenters. The van der Waals surface area contributed by atoms with Crippen LogP contribution in [-0.4, -0.2) is 27.2 Å². The molecule has 5 heteroatoms. The lowest BCUT2D eigenvalue weighted by Gasteiger charge is -2.22. The fraction of sp³-hybridized carbons (Fsp3) is 0.0930. The van der Waals surface area contributed by atoms with E-state index in [9.17, 15) is 0 Å². The van der Waals surface area contributed by atoms with Gasteiger partial charge in [-0.3, -0.25) is 0 Å². The van der Waals surface area contributed by atoms with E-state index in [0.29, 0.717) is 17.5 Å². The fourth-order valence-corrected chi connectivity index (χ4v) is 7.51. The predicted molar refractivity (Wildman–Crippen MR) is 190 cm³/mol. The summed E-state index contributed by atoms with van der Waals surface area (Å²) in [6, 6.07) is 38.0. The molecule has 1 aromatic heterocycles. The summed E-state index contributed by atoms with van der Waals surface area (Å²) in [5.41, 5.74) is 7.39. The number of para-hydroxylation sites is 1. The summed E-state index contributed by atoms with van der Waals surface area (Å²) in [5.74, 6) is 3.85. The Labute approximate surface area is 278 Å². The van der Waals surface area contributed by atoms with Crippen molar-refractivity contribution in [2.24, 2.45) is 0 Å². The second-order valence-corrected chi connectivity index (χ2v) is 12.7. The van der Waals surface area contributed by atoms with Gasteiger partial charge in [0, 0.05) is 39.3 Å². The molecule has 2 aliphatic carbocycles. The molecular formula is C43H29N3O2. The quantitative estimate of drug-likeness (QED) is 0.197. The maximum absolute atomic E-state index is 6.76. The zero-order valence-corrected chi connectivity index (χ0v) is 25.9. The van der Waals surface area contributed by atoms with Gasteiger partial charge in [0.15, 0.2) is 17.5 Å². The Bertz CT molecular complexity index is 2390. The van der Waals surface area contributed by atoms with E-state index >= 15 is 0 Å². The van der Waals surface area contributed by atoms with Crippen LogP contribution in [0.15, 0.2) is 152 Å². The van der Waals surface area contributed by atoms with Crippen LogP contribution in [0, 0.1) is 0 Å². The number of benzene rings is 5. The summed E-state index contributed by atoms with van der Waals surface area (Å²) in [4.78, 5) is 15.3. The third-order valence-electron chi connectivity index (χ3n) is 9.84. The number of ether oxygens (including phenoxy) is 2. The van der Waals surface area contributed by atoms with E-state index in [4.69, 9.17) is 24.4 Å². The molecule has 228 valence electrons. The minimum Gasteiger partial charge on any atom is -0.485 e. The Morgan fingerprint density at radius 3 is 2.19 bits per heavy atom. The van der Waals surface area contributed by atoms with Gasteiger partial charge in [-0.25, -0.2) is 15.0 Å². The fourth-order valence-electron chi connectivity index (χ4n) is 7.51. The van der Waals surface area contributed by atoms with Crippen LogP contribution >= 0.6 is 0 Å². The first kappa shape index (κ1) is 27.1. The third kappa shape index (κ3) is 4.35. The van der Waals surface area contributed by atoms with Crippen LogP contribution in [-0.2, 0) is 0 Å². The van der Waals surface area contributed by atoms with Crippen molar-refractivity contribution < 1.29 is 9.47 Å². The molecule has 0 saturated carbocycles. The molecule has 4 atom stereocenters. The molecule has 0 radical (unpaired) electrons. The summed E-state index contributed by atoms with van der Waals surface area (Å²) in [5, 5.41) is 2.43. The van der Waals surface area contributed by atoms with Crippen LogP contribution in [0.3, 0.4) is 0 Å². The number of aromatic nitrogens is 3. The minimum absolute atomic E-state index is 0.0205. The van der Waals surface area contributed by atoms with Gasteiger partial charge in [0.2, 0.25) is 0 Å². The van der Waals surface area contributed by atoms with Gasteiger partial charge in [0.25, 0.3) is 0 Å². The summed E-state index contributed by atoms with van der Waals surface area (Å²) in [6.07, 6.45) is 14.6. The van der Waals surface area contributed by atoms with Crippen LogP contribution in [0.5, 0.6) is 11.5 Å². The lowest BCUT2D eigenvalue weighted by molar-refractivity contribution is 0.269. The van der Waals surface area contributed by atoms with Gasteiger partial charge in [-0.1, -0.05) is 127 Å². The molecule has 5 nitrogen and oxygen atoms in total. The van der Waals surface area contributed by atoms with Crippen LogP contribution in [0.25, 0.3) is 50.2 Å². The van der Waals surface area contributed by atoms with Gasteiger partial charge >= 0.3 is 0 Å². The van der Waals surface area contributed by atoms with Crippen molar-refractivity contribution in [2.75, 3.05) is 0 Å². The second-order valence-electron chi connectivity index (χ2n) is 12.7. The van der Waals surface area contributed by atoms with Crippen molar-refractivity contribution in [3.05, 3.63) is 169 Å². The Kier molecular flexibility index (Phi) is 6.06. The minimum atomic E-state index is -0.167. The molecule has 0 bridgehead atoms. The lowest BCUT2D eigenvalue weighted by Crippen LogP contribution is -2.20. The summed E-state index contributed by atoms with van der Waals surface area (Å²) >= 11 is 0. The molecule has 0 fully saturated rings. The normalized spacial score (nSPS) is 21.1. The van der Waals surface area contributed by atoms with Crippen molar-refractivity contribution in [2.45, 2.75) is 24.0 Å². The SMILES string of the molecule is C1=CC2Oc3cc(-c4nc(C5=CC=C[C@H]6Oc7c(-c8ccc9ccccc9c8)cccc7C56)nc(-c5ccccc5)n4)ccc3C2C=C1. The van der Waals surface area contributed by atoms with Gasteiger partial charge in [-0.15, -0.1) is 0 Å². The molecule has 4 aliphatic rings. The largest absolute Gasteiger partial charge is 0.485 e. The smallest absolute Gasteiger partial charge is 0.164 e. The average molecular weight is 620 g/mol. The standard InChI is InChI=1S/C43H29N3O2/c1-2-11-27(12-3-1)41-44-42(30-22-23-33-32-14-6-7-18-36(32)47-38(33)25-30)46-43(45-41)35-17-9-19-37-39(35)34-16-8-15-31(40(34)48-37)29-21-20-26-10-4-5-13-28(26)24-29/h1-25,32,36-37,39H/t32?,36?,37-,39?/m1/s1. The van der Waals surface area contributed by atoms with E-state index in [-0.39, 0.29) is 24.0 Å². The van der Waals surface area contributed by atoms with Crippen molar-refractivity contribution >= 4 is 16.3 Å². The zero-order valence-electron chi connectivity index (χ0n) is 25.9. The van der Waals surface area contributed by atoms with Crippen molar-refractivity contribution in [1.29, 1.82) is 0 Å². The molecule has 2 aliphatic heterocycles. The van der Waals surface area contributed by atoms with E-state index in [2.05, 4.69) is 115 Å². The number of hydrogen-bond acceptors (Lipinski definition) is 5. The maximum atomic E-state index is 6.76. The highest BCUT2D eigenvalue weighted by Gasteiger charge is 2.40. The number of fused-ring (bicyclic) bond motifs is 7. The molecule has 5 aromatic carbocycles. The van der Waals surface area contributed by atoms with E-state index in [1.54, 1.807) is 0 Å². The molecule has 48 heavy (non-hydrogen) atoms. The zero-order chi connectivity index (χ0) is 31.6. The maximum Gasteiger partial charge on any atom is 0.164 e. The number of nitrogens with zero attached hydrogens (tertiary/aromatic N) is 3. The van der Waals surface area contributed by atoms with E-state index in [1.807, 2.05) is 36.4 Å². The topological polar surface area (TPSA) is 57.1 Å². The van der Waals surface area contributed by atoms with E-state index in [1.165, 1.54) is 16.3 Å². The van der Waals surface area contributed by atoms with Crippen LogP contribution < -0.4 is 9.47 Å². The van der Waals surface area contributed by atoms with E-state index < -0.39 is 0 Å². The van der Waals surface area contributed by atoms with Crippen LogP contribution in [0.1, 0.15) is 28.8 Å². The first-order valence-corrected chi connectivity index (χ1v) is 16.4. The highest BCUT2D eigenvalue weighted by molar-refractivity contribution is 5.89. The summed E-state index contributed by atoms with van der Waals surface area (Å²) in [6.45, 7) is 0. The Morgan fingerprint density at radius 1 is 0.500 bits per heavy atom. The van der Waals surface area contributed by atoms with Crippen molar-refractivity contribution in [3.63, 3.8) is 0 Å². The first-order valence-electron chi connectivity index (χ1n) is 16.4. The molecule has 0 N–H and O–H groups in total.